The molecule has 0 heterocycles. The molecule has 4 N–H and O–H groups in total. The molecule has 2 rings (SSSR count). The first kappa shape index (κ1) is 22.9. The van der Waals surface area contributed by atoms with Crippen molar-refractivity contribution >= 4 is 17.8 Å². The van der Waals surface area contributed by atoms with Crippen molar-refractivity contribution in [1.29, 1.82) is 0 Å². The highest BCUT2D eigenvalue weighted by atomic mass is 16.2. The van der Waals surface area contributed by atoms with E-state index in [0.29, 0.717) is 24.8 Å². The number of carbonyl (C=O) groups excluding carboxylic acids is 2. The van der Waals surface area contributed by atoms with Crippen LogP contribution >= 0.6 is 0 Å². The molecule has 0 saturated heterocycles. The molecule has 1 fully saturated rings. The lowest BCUT2D eigenvalue weighted by molar-refractivity contribution is -0.123. The number of nitrogens with one attached hydrogen (secondary N) is 2. The largest absolute Gasteiger partial charge is 0.370 e. The van der Waals surface area contributed by atoms with Gasteiger partial charge in [0, 0.05) is 6.54 Å². The third kappa shape index (κ3) is 8.26. The molecule has 29 heavy (non-hydrogen) atoms. The van der Waals surface area contributed by atoms with Gasteiger partial charge in [0.15, 0.2) is 5.96 Å². The fourth-order valence-corrected chi connectivity index (χ4v) is 3.75. The van der Waals surface area contributed by atoms with Crippen molar-refractivity contribution in [2.45, 2.75) is 71.8 Å². The Bertz CT molecular complexity index is 709. The number of aryl methyl sites for hydroxylation is 1. The Morgan fingerprint density at radius 3 is 2.52 bits per heavy atom. The van der Waals surface area contributed by atoms with Crippen LogP contribution in [0.15, 0.2) is 29.3 Å². The van der Waals surface area contributed by atoms with Crippen LogP contribution in [0.5, 0.6) is 0 Å². The van der Waals surface area contributed by atoms with Gasteiger partial charge in [-0.05, 0) is 36.3 Å². The minimum atomic E-state index is -0.560. The third-order valence-corrected chi connectivity index (χ3v) is 5.44. The van der Waals surface area contributed by atoms with Crippen LogP contribution in [-0.4, -0.2) is 30.4 Å². The van der Waals surface area contributed by atoms with Gasteiger partial charge in [0.05, 0.1) is 6.42 Å². The topological polar surface area (TPSA) is 96.6 Å². The Hall–Kier alpha value is -2.37. The second-order valence-corrected chi connectivity index (χ2v) is 8.56. The second-order valence-electron chi connectivity index (χ2n) is 8.56. The molecule has 0 radical (unpaired) electrons. The van der Waals surface area contributed by atoms with Crippen LogP contribution in [0.4, 0.5) is 0 Å². The van der Waals surface area contributed by atoms with E-state index in [9.17, 15) is 9.59 Å². The first-order valence-corrected chi connectivity index (χ1v) is 10.8. The summed E-state index contributed by atoms with van der Waals surface area (Å²) in [6.07, 6.45) is 6.84. The van der Waals surface area contributed by atoms with Crippen LogP contribution in [0, 0.1) is 18.8 Å². The van der Waals surface area contributed by atoms with Gasteiger partial charge in [-0.15, -0.1) is 0 Å². The fourth-order valence-electron chi connectivity index (χ4n) is 3.75. The van der Waals surface area contributed by atoms with Gasteiger partial charge in [-0.2, -0.15) is 0 Å². The summed E-state index contributed by atoms with van der Waals surface area (Å²) in [5.41, 5.74) is 8.01. The molecule has 0 aromatic heterocycles. The molecule has 0 bridgehead atoms. The molecule has 2 amide bonds. The third-order valence-electron chi connectivity index (χ3n) is 5.44. The van der Waals surface area contributed by atoms with Crippen LogP contribution in [0.3, 0.4) is 0 Å². The Kier molecular flexibility index (Phi) is 9.16. The van der Waals surface area contributed by atoms with Crippen LogP contribution in [-0.2, 0) is 16.0 Å². The van der Waals surface area contributed by atoms with Gasteiger partial charge in [0.1, 0.15) is 6.04 Å². The Labute approximate surface area is 174 Å². The van der Waals surface area contributed by atoms with Crippen molar-refractivity contribution in [2.24, 2.45) is 22.6 Å². The van der Waals surface area contributed by atoms with Gasteiger partial charge >= 0.3 is 0 Å². The number of nitrogens with zero attached hydrogens (tertiary/aromatic N) is 1. The predicted molar refractivity (Wildman–Crippen MR) is 117 cm³/mol. The summed E-state index contributed by atoms with van der Waals surface area (Å²) < 4.78 is 0. The number of benzene rings is 1. The number of amides is 2. The maximum absolute atomic E-state index is 12.7. The molecule has 1 saturated carbocycles. The number of aliphatic imine (C=N–C) groups is 1. The van der Waals surface area contributed by atoms with Gasteiger partial charge in [-0.3, -0.25) is 14.9 Å². The molecule has 0 spiro atoms. The monoisotopic (exact) mass is 400 g/mol. The van der Waals surface area contributed by atoms with Crippen LogP contribution in [0.2, 0.25) is 0 Å². The number of carbonyl (C=O) groups is 2. The molecular formula is C23H36N4O2. The zero-order chi connectivity index (χ0) is 21.2. The molecule has 160 valence electrons. The van der Waals surface area contributed by atoms with E-state index in [-0.39, 0.29) is 24.2 Å². The van der Waals surface area contributed by atoms with Crippen molar-refractivity contribution in [3.63, 3.8) is 0 Å². The lowest BCUT2D eigenvalue weighted by atomic mass is 9.84. The highest BCUT2D eigenvalue weighted by Crippen LogP contribution is 2.28. The maximum Gasteiger partial charge on any atom is 0.244 e. The number of hydrogen-bond acceptors (Lipinski definition) is 3. The minimum Gasteiger partial charge on any atom is -0.370 e. The molecule has 1 aliphatic carbocycles. The van der Waals surface area contributed by atoms with Gasteiger partial charge in [0.2, 0.25) is 11.8 Å². The molecule has 1 aliphatic rings. The molecule has 0 unspecified atom stereocenters. The molecule has 1 atom stereocenters. The molecule has 1 aromatic carbocycles. The van der Waals surface area contributed by atoms with Crippen LogP contribution in [0.1, 0.15) is 63.5 Å². The summed E-state index contributed by atoms with van der Waals surface area (Å²) in [6.45, 7) is 6.69. The highest BCUT2D eigenvalue weighted by Gasteiger charge is 2.24. The van der Waals surface area contributed by atoms with E-state index in [1.807, 2.05) is 31.2 Å². The van der Waals surface area contributed by atoms with E-state index >= 15 is 0 Å². The van der Waals surface area contributed by atoms with Gasteiger partial charge in [-0.1, -0.05) is 70.2 Å². The molecular weight excluding hydrogens is 364 g/mol. The van der Waals surface area contributed by atoms with Crippen LogP contribution in [0.25, 0.3) is 0 Å². The SMILES string of the molecule is Cc1ccccc1CC(=O)NC(N)=N[C@H](CC1CCCCC1)C(=O)NCC(C)C. The molecule has 6 heteroatoms. The van der Waals surface area contributed by atoms with E-state index in [1.165, 1.54) is 19.3 Å². The standard InChI is InChI=1S/C23H36N4O2/c1-16(2)15-25-22(29)20(13-18-10-5-4-6-11-18)26-23(24)27-21(28)14-19-12-8-7-9-17(19)3/h7-9,12,16,18,20H,4-6,10-11,13-15H2,1-3H3,(H,25,29)(H3,24,26,27,28)/t20-/m1/s1. The fraction of sp³-hybridized carbons (Fsp3) is 0.609. The average Bonchev–Trinajstić information content (AvgIpc) is 2.68. The van der Waals surface area contributed by atoms with Crippen molar-refractivity contribution < 1.29 is 9.59 Å². The summed E-state index contributed by atoms with van der Waals surface area (Å²) in [6, 6.07) is 7.19. The number of rotatable bonds is 8. The van der Waals surface area contributed by atoms with Gasteiger partial charge in [0.25, 0.3) is 0 Å². The molecule has 0 aliphatic heterocycles. The number of nitrogens with two attached hydrogens (primary N) is 1. The Morgan fingerprint density at radius 1 is 1.17 bits per heavy atom. The van der Waals surface area contributed by atoms with Crippen molar-refractivity contribution in [2.75, 3.05) is 6.54 Å². The first-order chi connectivity index (χ1) is 13.8. The Morgan fingerprint density at radius 2 is 1.86 bits per heavy atom. The van der Waals surface area contributed by atoms with Crippen molar-refractivity contribution in [3.05, 3.63) is 35.4 Å². The number of guanidine groups is 1. The highest BCUT2D eigenvalue weighted by molar-refractivity contribution is 5.98. The summed E-state index contributed by atoms with van der Waals surface area (Å²) in [7, 11) is 0. The lowest BCUT2D eigenvalue weighted by Crippen LogP contribution is -2.42. The average molecular weight is 401 g/mol. The van der Waals surface area contributed by atoms with E-state index in [2.05, 4.69) is 29.5 Å². The zero-order valence-corrected chi connectivity index (χ0v) is 18.0. The van der Waals surface area contributed by atoms with E-state index < -0.39 is 6.04 Å². The summed E-state index contributed by atoms with van der Waals surface area (Å²) >= 11 is 0. The van der Waals surface area contributed by atoms with E-state index in [4.69, 9.17) is 5.73 Å². The summed E-state index contributed by atoms with van der Waals surface area (Å²) in [5, 5.41) is 5.62. The zero-order valence-electron chi connectivity index (χ0n) is 18.0. The predicted octanol–water partition coefficient (Wildman–Crippen LogP) is 3.08. The van der Waals surface area contributed by atoms with Crippen molar-refractivity contribution in [1.82, 2.24) is 10.6 Å². The van der Waals surface area contributed by atoms with Gasteiger partial charge < -0.3 is 11.1 Å². The first-order valence-electron chi connectivity index (χ1n) is 10.8. The van der Waals surface area contributed by atoms with Crippen LogP contribution < -0.4 is 16.4 Å². The smallest absolute Gasteiger partial charge is 0.244 e. The molecule has 6 nitrogen and oxygen atoms in total. The maximum atomic E-state index is 12.7. The summed E-state index contributed by atoms with van der Waals surface area (Å²) in [4.78, 5) is 29.5. The quantitative estimate of drug-likeness (QED) is 0.462. The second kappa shape index (κ2) is 11.6. The molecule has 1 aromatic rings. The normalized spacial score (nSPS) is 16.5. The Balaban J connectivity index is 2.01. The van der Waals surface area contributed by atoms with E-state index in [0.717, 1.165) is 24.0 Å². The minimum absolute atomic E-state index is 0.0177. The number of hydrogen-bond donors (Lipinski definition) is 3. The van der Waals surface area contributed by atoms with Crippen molar-refractivity contribution in [3.8, 4) is 0 Å². The lowest BCUT2D eigenvalue weighted by Gasteiger charge is -2.24. The summed E-state index contributed by atoms with van der Waals surface area (Å²) in [5.74, 6) is 0.534. The van der Waals surface area contributed by atoms with Gasteiger partial charge in [-0.25, -0.2) is 4.99 Å². The van der Waals surface area contributed by atoms with E-state index in [1.54, 1.807) is 0 Å².